The number of hydrogen-bond donors (Lipinski definition) is 0. The molecule has 5 heterocycles. The molecule has 0 amide bonds. The Morgan fingerprint density at radius 3 is 2.04 bits per heavy atom. The van der Waals surface area contributed by atoms with Gasteiger partial charge in [-0.15, -0.1) is 11.3 Å². The van der Waals surface area contributed by atoms with Crippen LogP contribution in [-0.2, 0) is 0 Å². The van der Waals surface area contributed by atoms with E-state index in [4.69, 9.17) is 9.97 Å². The first-order chi connectivity index (χ1) is 24.3. The number of aromatic nitrogens is 4. The number of nitrogens with zero attached hydrogens (tertiary/aromatic N) is 4. The second kappa shape index (κ2) is 9.19. The zero-order valence-electron chi connectivity index (χ0n) is 26.1. The van der Waals surface area contributed by atoms with Gasteiger partial charge in [0.25, 0.3) is 0 Å². The smallest absolute Gasteiger partial charge is 0.165 e. The summed E-state index contributed by atoms with van der Waals surface area (Å²) in [4.78, 5) is 10.6. The minimum Gasteiger partial charge on any atom is -0.309 e. The average molecular weight is 641 g/mol. The van der Waals surface area contributed by atoms with Crippen LogP contribution < -0.4 is 0 Å². The number of rotatable bonds is 2. The molecule has 12 aromatic rings. The molecule has 7 aromatic carbocycles. The van der Waals surface area contributed by atoms with Gasteiger partial charge >= 0.3 is 0 Å². The predicted octanol–water partition coefficient (Wildman–Crippen LogP) is 11.9. The highest BCUT2D eigenvalue weighted by Gasteiger charge is 2.24. The van der Waals surface area contributed by atoms with Crippen molar-refractivity contribution in [3.05, 3.63) is 146 Å². The van der Waals surface area contributed by atoms with E-state index in [2.05, 4.69) is 142 Å². The third kappa shape index (κ3) is 3.32. The molecule has 0 fully saturated rings. The molecule has 5 heteroatoms. The molecule has 0 saturated heterocycles. The maximum atomic E-state index is 5.29. The normalized spacial score (nSPS) is 12.5. The minimum absolute atomic E-state index is 0.910. The van der Waals surface area contributed by atoms with Gasteiger partial charge in [0, 0.05) is 48.1 Å². The van der Waals surface area contributed by atoms with E-state index in [1.807, 2.05) is 23.5 Å². The number of fused-ring (bicyclic) bond motifs is 14. The molecule has 0 bridgehead atoms. The van der Waals surface area contributed by atoms with E-state index in [1.165, 1.54) is 80.6 Å². The van der Waals surface area contributed by atoms with Gasteiger partial charge in [-0.25, -0.2) is 9.97 Å². The third-order valence-electron chi connectivity index (χ3n) is 10.4. The third-order valence-corrected chi connectivity index (χ3v) is 11.6. The quantitative estimate of drug-likeness (QED) is 0.188. The first kappa shape index (κ1) is 25.7. The zero-order chi connectivity index (χ0) is 31.8. The Kier molecular flexibility index (Phi) is 4.83. The SMILES string of the molecule is c1ccc(-n2c3ccccc3c3cc(-c4cc5c6ccc7c8ccccc8sc7c6n6c7nc8ccccc8nc7c(c4)c56)ccc32)cc1. The lowest BCUT2D eigenvalue weighted by Crippen LogP contribution is -1.92. The van der Waals surface area contributed by atoms with Crippen molar-refractivity contribution in [1.29, 1.82) is 0 Å². The van der Waals surface area contributed by atoms with Crippen molar-refractivity contribution in [1.82, 2.24) is 18.9 Å². The van der Waals surface area contributed by atoms with Crippen molar-refractivity contribution in [2.24, 2.45) is 0 Å². The molecular weight excluding hydrogens is 617 g/mol. The van der Waals surface area contributed by atoms with E-state index in [0.717, 1.165) is 27.6 Å². The van der Waals surface area contributed by atoms with Crippen LogP contribution in [-0.4, -0.2) is 18.9 Å². The molecule has 0 aliphatic heterocycles. The predicted molar refractivity (Wildman–Crippen MR) is 207 cm³/mol. The van der Waals surface area contributed by atoms with E-state index in [-0.39, 0.29) is 0 Å². The van der Waals surface area contributed by atoms with E-state index in [0.29, 0.717) is 0 Å². The summed E-state index contributed by atoms with van der Waals surface area (Å²) < 4.78 is 7.36. The number of thiophene rings is 1. The van der Waals surface area contributed by atoms with Crippen LogP contribution in [0.4, 0.5) is 0 Å². The fourth-order valence-corrected chi connectivity index (χ4v) is 9.54. The standard InChI is InChI=1S/C44H24N4S/c1-2-10-27(11-3-1)47-37-16-8-4-12-28(37)32-22-25(18-21-38(32)47)26-23-33-30-19-20-31-29-13-5-9-17-39(29)49-43(31)42(30)48-41(33)34(24-26)40-44(48)46-36-15-7-6-14-35(36)45-40/h1-24H. The summed E-state index contributed by atoms with van der Waals surface area (Å²) in [5.41, 5.74) is 12.0. The largest absolute Gasteiger partial charge is 0.309 e. The molecule has 12 rings (SSSR count). The van der Waals surface area contributed by atoms with Crippen LogP contribution in [0.15, 0.2) is 146 Å². The Balaban J connectivity index is 1.21. The molecule has 0 saturated carbocycles. The fourth-order valence-electron chi connectivity index (χ4n) is 8.30. The second-order valence-electron chi connectivity index (χ2n) is 13.0. The Morgan fingerprint density at radius 1 is 0.449 bits per heavy atom. The maximum Gasteiger partial charge on any atom is 0.165 e. The highest BCUT2D eigenvalue weighted by atomic mass is 32.1. The molecule has 0 aliphatic rings. The Morgan fingerprint density at radius 2 is 1.14 bits per heavy atom. The molecule has 5 aromatic heterocycles. The molecule has 0 spiro atoms. The van der Waals surface area contributed by atoms with Gasteiger partial charge in [0.05, 0.1) is 37.8 Å². The first-order valence-electron chi connectivity index (χ1n) is 16.6. The average Bonchev–Trinajstić information content (AvgIpc) is 3.89. The van der Waals surface area contributed by atoms with Crippen LogP contribution in [0.5, 0.6) is 0 Å². The lowest BCUT2D eigenvalue weighted by atomic mass is 9.98. The molecule has 0 atom stereocenters. The van der Waals surface area contributed by atoms with Gasteiger partial charge in [-0.2, -0.15) is 0 Å². The molecule has 0 unspecified atom stereocenters. The van der Waals surface area contributed by atoms with E-state index >= 15 is 0 Å². The van der Waals surface area contributed by atoms with Crippen molar-refractivity contribution < 1.29 is 0 Å². The van der Waals surface area contributed by atoms with Gasteiger partial charge < -0.3 is 4.57 Å². The van der Waals surface area contributed by atoms with Gasteiger partial charge in [0.1, 0.15) is 5.52 Å². The van der Waals surface area contributed by atoms with Gasteiger partial charge in [0.15, 0.2) is 5.65 Å². The van der Waals surface area contributed by atoms with Crippen LogP contribution in [0, 0.1) is 0 Å². The van der Waals surface area contributed by atoms with E-state index < -0.39 is 0 Å². The lowest BCUT2D eigenvalue weighted by Gasteiger charge is -2.08. The Bertz CT molecular complexity index is 3330. The molecular formula is C44H24N4S. The van der Waals surface area contributed by atoms with Crippen molar-refractivity contribution in [3.63, 3.8) is 0 Å². The molecule has 0 N–H and O–H groups in total. The molecule has 0 aliphatic carbocycles. The van der Waals surface area contributed by atoms with E-state index in [9.17, 15) is 0 Å². The highest BCUT2D eigenvalue weighted by molar-refractivity contribution is 7.26. The van der Waals surface area contributed by atoms with Crippen LogP contribution >= 0.6 is 11.3 Å². The summed E-state index contributed by atoms with van der Waals surface area (Å²) in [6, 6.07) is 52.6. The molecule has 49 heavy (non-hydrogen) atoms. The topological polar surface area (TPSA) is 35.1 Å². The van der Waals surface area contributed by atoms with Crippen molar-refractivity contribution in [2.75, 3.05) is 0 Å². The molecule has 226 valence electrons. The Hall–Kier alpha value is -6.30. The van der Waals surface area contributed by atoms with Crippen LogP contribution in [0.2, 0.25) is 0 Å². The second-order valence-corrected chi connectivity index (χ2v) is 14.0. The summed E-state index contributed by atoms with van der Waals surface area (Å²) in [6.45, 7) is 0. The summed E-state index contributed by atoms with van der Waals surface area (Å²) >= 11 is 1.87. The molecule has 0 radical (unpaired) electrons. The Labute approximate surface area is 283 Å². The summed E-state index contributed by atoms with van der Waals surface area (Å²) in [5, 5.41) is 8.70. The highest BCUT2D eigenvalue weighted by Crippen LogP contribution is 2.46. The number of hydrogen-bond acceptors (Lipinski definition) is 3. The summed E-state index contributed by atoms with van der Waals surface area (Å²) in [5.74, 6) is 0. The van der Waals surface area contributed by atoms with E-state index in [1.54, 1.807) is 0 Å². The first-order valence-corrected chi connectivity index (χ1v) is 17.4. The number of para-hydroxylation sites is 4. The van der Waals surface area contributed by atoms with Crippen LogP contribution in [0.1, 0.15) is 0 Å². The van der Waals surface area contributed by atoms with Gasteiger partial charge in [-0.1, -0.05) is 84.9 Å². The van der Waals surface area contributed by atoms with Gasteiger partial charge in [-0.05, 0) is 71.8 Å². The van der Waals surface area contributed by atoms with Gasteiger partial charge in [-0.3, -0.25) is 4.40 Å². The summed E-state index contributed by atoms with van der Waals surface area (Å²) in [6.07, 6.45) is 0. The van der Waals surface area contributed by atoms with Crippen molar-refractivity contribution in [3.8, 4) is 16.8 Å². The molecule has 4 nitrogen and oxygen atoms in total. The van der Waals surface area contributed by atoms with Crippen LogP contribution in [0.25, 0.3) is 108 Å². The number of benzene rings is 7. The lowest BCUT2D eigenvalue weighted by molar-refractivity contribution is 1.18. The fraction of sp³-hybridized carbons (Fsp3) is 0. The monoisotopic (exact) mass is 640 g/mol. The van der Waals surface area contributed by atoms with Crippen molar-refractivity contribution in [2.45, 2.75) is 0 Å². The zero-order valence-corrected chi connectivity index (χ0v) is 26.9. The van der Waals surface area contributed by atoms with Crippen molar-refractivity contribution >= 4 is 103 Å². The minimum atomic E-state index is 0.910. The summed E-state index contributed by atoms with van der Waals surface area (Å²) in [7, 11) is 0. The van der Waals surface area contributed by atoms with Crippen LogP contribution in [0.3, 0.4) is 0 Å². The van der Waals surface area contributed by atoms with Gasteiger partial charge in [0.2, 0.25) is 0 Å². The maximum absolute atomic E-state index is 5.29.